The number of likely N-dealkylation sites (tertiary alicyclic amines) is 1. The predicted octanol–water partition coefficient (Wildman–Crippen LogP) is 1.56. The van der Waals surface area contributed by atoms with E-state index in [1.54, 1.807) is 0 Å². The fourth-order valence-electron chi connectivity index (χ4n) is 2.93. The van der Waals surface area contributed by atoms with Gasteiger partial charge in [0.2, 0.25) is 0 Å². The normalized spacial score (nSPS) is 28.0. The van der Waals surface area contributed by atoms with Gasteiger partial charge in [-0.25, -0.2) is 0 Å². The van der Waals surface area contributed by atoms with Gasteiger partial charge in [-0.15, -0.1) is 0 Å². The van der Waals surface area contributed by atoms with Crippen LogP contribution in [0.1, 0.15) is 38.3 Å². The second-order valence-corrected chi connectivity index (χ2v) is 5.63. The third-order valence-electron chi connectivity index (χ3n) is 4.21. The van der Waals surface area contributed by atoms with Crippen molar-refractivity contribution in [2.75, 3.05) is 13.1 Å². The molecule has 1 saturated heterocycles. The zero-order valence-corrected chi connectivity index (χ0v) is 11.9. The Morgan fingerprint density at radius 1 is 1.47 bits per heavy atom. The van der Waals surface area contributed by atoms with Gasteiger partial charge in [0, 0.05) is 37.6 Å². The monoisotopic (exact) mass is 263 g/mol. The summed E-state index contributed by atoms with van der Waals surface area (Å²) >= 11 is 0. The van der Waals surface area contributed by atoms with Gasteiger partial charge < -0.3 is 10.8 Å². The lowest BCUT2D eigenvalue weighted by Crippen LogP contribution is -2.48. The molecular weight excluding hydrogens is 238 g/mol. The molecule has 1 fully saturated rings. The highest BCUT2D eigenvalue weighted by Crippen LogP contribution is 2.29. The van der Waals surface area contributed by atoms with Gasteiger partial charge in [0.1, 0.15) is 0 Å². The maximum Gasteiger partial charge on any atom is 0.0590 e. The van der Waals surface area contributed by atoms with E-state index in [4.69, 9.17) is 5.73 Å². The van der Waals surface area contributed by atoms with E-state index < -0.39 is 0 Å². The van der Waals surface area contributed by atoms with E-state index in [1.165, 1.54) is 5.56 Å². The summed E-state index contributed by atoms with van der Waals surface area (Å²) in [6.45, 7) is 6.05. The van der Waals surface area contributed by atoms with Crippen molar-refractivity contribution in [1.82, 2.24) is 9.88 Å². The molecule has 1 aliphatic heterocycles. The van der Waals surface area contributed by atoms with E-state index in [1.807, 2.05) is 12.4 Å². The Hall–Kier alpha value is -0.970. The lowest BCUT2D eigenvalue weighted by atomic mass is 9.90. The van der Waals surface area contributed by atoms with Crippen LogP contribution in [0.25, 0.3) is 0 Å². The van der Waals surface area contributed by atoms with Crippen LogP contribution in [0.3, 0.4) is 0 Å². The number of aromatic nitrogens is 1. The third kappa shape index (κ3) is 3.32. The van der Waals surface area contributed by atoms with Crippen LogP contribution in [-0.2, 0) is 0 Å². The molecular formula is C15H25N3O. The molecule has 0 aliphatic carbocycles. The minimum absolute atomic E-state index is 0.116. The number of nitrogens with two attached hydrogens (primary N) is 1. The summed E-state index contributed by atoms with van der Waals surface area (Å²) in [5, 5.41) is 9.88. The van der Waals surface area contributed by atoms with Gasteiger partial charge >= 0.3 is 0 Å². The average Bonchev–Trinajstić information content (AvgIpc) is 2.44. The maximum atomic E-state index is 9.88. The summed E-state index contributed by atoms with van der Waals surface area (Å²) < 4.78 is 0. The average molecular weight is 263 g/mol. The number of nitrogens with zero attached hydrogens (tertiary/aromatic N) is 2. The van der Waals surface area contributed by atoms with Gasteiger partial charge in [0.15, 0.2) is 0 Å². The van der Waals surface area contributed by atoms with Gasteiger partial charge in [0.25, 0.3) is 0 Å². The molecule has 19 heavy (non-hydrogen) atoms. The van der Waals surface area contributed by atoms with Crippen molar-refractivity contribution in [1.29, 1.82) is 0 Å². The molecule has 0 bridgehead atoms. The summed E-state index contributed by atoms with van der Waals surface area (Å²) in [7, 11) is 0. The van der Waals surface area contributed by atoms with E-state index in [9.17, 15) is 5.11 Å². The lowest BCUT2D eigenvalue weighted by molar-refractivity contribution is 0.0112. The Kier molecular flexibility index (Phi) is 4.91. The van der Waals surface area contributed by atoms with Crippen molar-refractivity contribution in [2.24, 2.45) is 11.7 Å². The first-order chi connectivity index (χ1) is 9.13. The van der Waals surface area contributed by atoms with Gasteiger partial charge in [-0.05, 0) is 36.5 Å². The highest BCUT2D eigenvalue weighted by molar-refractivity contribution is 5.17. The second kappa shape index (κ2) is 6.46. The molecule has 4 heteroatoms. The van der Waals surface area contributed by atoms with Crippen LogP contribution in [0.4, 0.5) is 0 Å². The zero-order valence-electron chi connectivity index (χ0n) is 11.9. The smallest absolute Gasteiger partial charge is 0.0590 e. The van der Waals surface area contributed by atoms with Crippen molar-refractivity contribution < 1.29 is 5.11 Å². The van der Waals surface area contributed by atoms with E-state index >= 15 is 0 Å². The van der Waals surface area contributed by atoms with Crippen LogP contribution in [0.2, 0.25) is 0 Å². The second-order valence-electron chi connectivity index (χ2n) is 5.63. The Morgan fingerprint density at radius 3 is 2.74 bits per heavy atom. The fourth-order valence-corrected chi connectivity index (χ4v) is 2.93. The van der Waals surface area contributed by atoms with Crippen molar-refractivity contribution >= 4 is 0 Å². The minimum atomic E-state index is -0.174. The molecule has 0 aromatic carbocycles. The first kappa shape index (κ1) is 14.4. The summed E-state index contributed by atoms with van der Waals surface area (Å²) in [5.74, 6) is 0.308. The molecule has 0 saturated carbocycles. The van der Waals surface area contributed by atoms with Crippen LogP contribution in [0.15, 0.2) is 24.5 Å². The largest absolute Gasteiger partial charge is 0.393 e. The Balaban J connectivity index is 2.19. The number of hydrogen-bond acceptors (Lipinski definition) is 4. The molecule has 0 radical (unpaired) electrons. The molecule has 3 N–H and O–H groups in total. The number of piperidine rings is 1. The van der Waals surface area contributed by atoms with E-state index in [0.29, 0.717) is 5.92 Å². The molecule has 4 nitrogen and oxygen atoms in total. The number of pyridine rings is 1. The number of aliphatic hydroxyl groups is 1. The first-order valence-corrected chi connectivity index (χ1v) is 7.21. The Labute approximate surface area is 115 Å². The topological polar surface area (TPSA) is 62.4 Å². The summed E-state index contributed by atoms with van der Waals surface area (Å²) in [6.07, 6.45) is 5.26. The summed E-state index contributed by atoms with van der Waals surface area (Å²) in [4.78, 5) is 6.50. The van der Waals surface area contributed by atoms with Crippen molar-refractivity contribution in [3.8, 4) is 0 Å². The van der Waals surface area contributed by atoms with Gasteiger partial charge in [-0.2, -0.15) is 0 Å². The van der Waals surface area contributed by atoms with E-state index in [0.717, 1.165) is 25.9 Å². The molecule has 106 valence electrons. The third-order valence-corrected chi connectivity index (χ3v) is 4.21. The highest BCUT2D eigenvalue weighted by atomic mass is 16.3. The molecule has 0 amide bonds. The number of rotatable bonds is 4. The highest BCUT2D eigenvalue weighted by Gasteiger charge is 2.32. The number of aliphatic hydroxyl groups excluding tert-OH is 1. The first-order valence-electron chi connectivity index (χ1n) is 7.21. The van der Waals surface area contributed by atoms with Gasteiger partial charge in [-0.3, -0.25) is 9.88 Å². The van der Waals surface area contributed by atoms with Crippen molar-refractivity contribution in [3.63, 3.8) is 0 Å². The molecule has 1 aliphatic rings. The Bertz CT molecular complexity index is 384. The number of hydrogen-bond donors (Lipinski definition) is 2. The predicted molar refractivity (Wildman–Crippen MR) is 76.6 cm³/mol. The van der Waals surface area contributed by atoms with Crippen molar-refractivity contribution in [3.05, 3.63) is 30.1 Å². The van der Waals surface area contributed by atoms with Crippen LogP contribution in [-0.4, -0.2) is 40.2 Å². The van der Waals surface area contributed by atoms with E-state index in [-0.39, 0.29) is 18.2 Å². The molecule has 2 heterocycles. The fraction of sp³-hybridized carbons (Fsp3) is 0.667. The molecule has 0 spiro atoms. The Morgan fingerprint density at radius 2 is 2.16 bits per heavy atom. The summed E-state index contributed by atoms with van der Waals surface area (Å²) in [5.41, 5.74) is 7.57. The molecule has 4 atom stereocenters. The van der Waals surface area contributed by atoms with E-state index in [2.05, 4.69) is 35.9 Å². The quantitative estimate of drug-likeness (QED) is 0.865. The van der Waals surface area contributed by atoms with Crippen molar-refractivity contribution in [2.45, 2.75) is 44.9 Å². The lowest BCUT2D eigenvalue weighted by Gasteiger charge is -2.41. The van der Waals surface area contributed by atoms with Gasteiger partial charge in [0.05, 0.1) is 6.10 Å². The molecule has 1 aromatic rings. The zero-order chi connectivity index (χ0) is 13.8. The SMILES string of the molecule is CCC(N)C(c1ccncc1)N1CCC(O)C(C)C1. The van der Waals surface area contributed by atoms with Crippen LogP contribution < -0.4 is 5.73 Å². The molecule has 1 aromatic heterocycles. The molecule has 4 unspecified atom stereocenters. The maximum absolute atomic E-state index is 9.88. The van der Waals surface area contributed by atoms with Crippen LogP contribution in [0.5, 0.6) is 0 Å². The molecule has 2 rings (SSSR count). The minimum Gasteiger partial charge on any atom is -0.393 e. The standard InChI is InChI=1S/C15H25N3O/c1-3-13(16)15(12-4-7-17-8-5-12)18-9-6-14(19)11(2)10-18/h4-5,7-8,11,13-15,19H,3,6,9-10,16H2,1-2H3. The van der Waals surface area contributed by atoms with Crippen LogP contribution >= 0.6 is 0 Å². The van der Waals surface area contributed by atoms with Gasteiger partial charge in [-0.1, -0.05) is 13.8 Å². The van der Waals surface area contributed by atoms with Crippen LogP contribution in [0, 0.1) is 5.92 Å². The summed E-state index contributed by atoms with van der Waals surface area (Å²) in [6, 6.07) is 4.44.